The number of ether oxygens (including phenoxy) is 1. The van der Waals surface area contributed by atoms with Crippen LogP contribution >= 0.6 is 12.6 Å². The number of nitro groups is 1. The van der Waals surface area contributed by atoms with E-state index in [1.165, 1.54) is 6.07 Å². The monoisotopic (exact) mass is 305 g/mol. The summed E-state index contributed by atoms with van der Waals surface area (Å²) in [5.74, 6) is 2.26. The summed E-state index contributed by atoms with van der Waals surface area (Å²) in [5, 5.41) is 12.5. The van der Waals surface area contributed by atoms with Gasteiger partial charge in [-0.05, 0) is 23.8 Å². The number of nitrogens with zero attached hydrogens (tertiary/aromatic N) is 1. The van der Waals surface area contributed by atoms with Crippen LogP contribution in [0.3, 0.4) is 0 Å². The van der Waals surface area contributed by atoms with E-state index in [-0.39, 0.29) is 10.6 Å². The van der Waals surface area contributed by atoms with Gasteiger partial charge in [0.15, 0.2) is 0 Å². The summed E-state index contributed by atoms with van der Waals surface area (Å²) in [6, 6.07) is 10.4. The molecule has 0 saturated carbocycles. The minimum Gasteiger partial charge on any atom is -0.493 e. The summed E-state index contributed by atoms with van der Waals surface area (Å²) in [6.07, 6.45) is 0. The summed E-state index contributed by atoms with van der Waals surface area (Å²) in [4.78, 5) is 10.7. The Morgan fingerprint density at radius 1 is 1.19 bits per heavy atom. The van der Waals surface area contributed by atoms with E-state index in [0.717, 1.165) is 11.1 Å². The predicted molar refractivity (Wildman–Crippen MR) is 88.3 cm³/mol. The molecule has 0 spiro atoms. The maximum atomic E-state index is 11.1. The van der Waals surface area contributed by atoms with Gasteiger partial charge in [-0.2, -0.15) is 12.6 Å². The average Bonchev–Trinajstić information content (AvgIpc) is 2.47. The number of thiol groups is 1. The molecule has 1 atom stereocenters. The lowest BCUT2D eigenvalue weighted by Crippen LogP contribution is -2.19. The topological polar surface area (TPSA) is 52.4 Å². The normalized spacial score (nSPS) is 12.6. The van der Waals surface area contributed by atoms with Crippen LogP contribution in [-0.2, 0) is 0 Å². The van der Waals surface area contributed by atoms with Crippen molar-refractivity contribution in [2.45, 2.75) is 13.8 Å². The minimum atomic E-state index is -0.364. The van der Waals surface area contributed by atoms with Gasteiger partial charge in [0.1, 0.15) is 5.75 Å². The highest BCUT2D eigenvalue weighted by atomic mass is 32.1. The number of fused-ring (bicyclic) bond motifs is 1. The summed E-state index contributed by atoms with van der Waals surface area (Å²) in [5.41, 5.74) is 0.104. The molecule has 0 aliphatic heterocycles. The van der Waals surface area contributed by atoms with Gasteiger partial charge in [0, 0.05) is 17.4 Å². The van der Waals surface area contributed by atoms with Gasteiger partial charge in [0.25, 0.3) is 5.69 Å². The van der Waals surface area contributed by atoms with Crippen molar-refractivity contribution in [2.75, 3.05) is 12.4 Å². The molecule has 0 heterocycles. The third-order valence-electron chi connectivity index (χ3n) is 3.69. The van der Waals surface area contributed by atoms with E-state index < -0.39 is 0 Å². The Kier molecular flexibility index (Phi) is 5.07. The van der Waals surface area contributed by atoms with Crippen LogP contribution in [0, 0.1) is 22.0 Å². The lowest BCUT2D eigenvalue weighted by molar-refractivity contribution is -0.383. The highest BCUT2D eigenvalue weighted by Gasteiger charge is 2.17. The molecule has 1 unspecified atom stereocenters. The SMILES string of the molecule is CC(C)C(CS)COc1ccc([N+](=O)[O-])c2ccccc12. The number of nitro benzene ring substituents is 1. The molecule has 2 rings (SSSR count). The van der Waals surface area contributed by atoms with Gasteiger partial charge in [-0.25, -0.2) is 0 Å². The second-order valence-corrected chi connectivity index (χ2v) is 5.75. The molecule has 0 aliphatic carbocycles. The van der Waals surface area contributed by atoms with Crippen LogP contribution in [0.5, 0.6) is 5.75 Å². The number of non-ortho nitro benzene ring substituents is 1. The second kappa shape index (κ2) is 6.80. The fourth-order valence-corrected chi connectivity index (χ4v) is 2.72. The van der Waals surface area contributed by atoms with Crippen LogP contribution in [0.4, 0.5) is 5.69 Å². The maximum absolute atomic E-state index is 11.1. The number of rotatable bonds is 6. The van der Waals surface area contributed by atoms with Gasteiger partial charge in [-0.15, -0.1) is 0 Å². The molecular weight excluding hydrogens is 286 g/mol. The summed E-state index contributed by atoms with van der Waals surface area (Å²) in [6.45, 7) is 4.83. The first-order valence-corrected chi connectivity index (χ1v) is 7.57. The van der Waals surface area contributed by atoms with E-state index in [1.54, 1.807) is 18.2 Å². The Morgan fingerprint density at radius 3 is 2.43 bits per heavy atom. The minimum absolute atomic E-state index is 0.104. The van der Waals surface area contributed by atoms with Crippen molar-refractivity contribution < 1.29 is 9.66 Å². The molecule has 4 nitrogen and oxygen atoms in total. The zero-order valence-corrected chi connectivity index (χ0v) is 13.0. The van der Waals surface area contributed by atoms with Crippen LogP contribution in [0.15, 0.2) is 36.4 Å². The van der Waals surface area contributed by atoms with E-state index in [9.17, 15) is 10.1 Å². The van der Waals surface area contributed by atoms with Crippen molar-refractivity contribution in [2.24, 2.45) is 11.8 Å². The average molecular weight is 305 g/mol. The zero-order valence-electron chi connectivity index (χ0n) is 12.2. The molecule has 2 aromatic rings. The fourth-order valence-electron chi connectivity index (χ4n) is 2.19. The number of benzene rings is 2. The van der Waals surface area contributed by atoms with Gasteiger partial charge < -0.3 is 4.74 Å². The first-order chi connectivity index (χ1) is 10.0. The molecule has 112 valence electrons. The highest BCUT2D eigenvalue weighted by Crippen LogP contribution is 2.33. The van der Waals surface area contributed by atoms with E-state index in [0.29, 0.717) is 29.6 Å². The second-order valence-electron chi connectivity index (χ2n) is 5.38. The fraction of sp³-hybridized carbons (Fsp3) is 0.375. The molecule has 0 radical (unpaired) electrons. The third kappa shape index (κ3) is 3.47. The van der Waals surface area contributed by atoms with Crippen LogP contribution in [0.2, 0.25) is 0 Å². The van der Waals surface area contributed by atoms with Crippen molar-refractivity contribution >= 4 is 29.1 Å². The van der Waals surface area contributed by atoms with Gasteiger partial charge in [0.05, 0.1) is 16.9 Å². The Hall–Kier alpha value is -1.75. The third-order valence-corrected chi connectivity index (χ3v) is 4.16. The molecular formula is C16H19NO3S. The Morgan fingerprint density at radius 2 is 1.86 bits per heavy atom. The quantitative estimate of drug-likeness (QED) is 0.491. The van der Waals surface area contributed by atoms with Crippen LogP contribution in [0.25, 0.3) is 10.8 Å². The molecule has 2 aromatic carbocycles. The zero-order chi connectivity index (χ0) is 15.4. The molecule has 0 aromatic heterocycles. The molecule has 0 amide bonds. The van der Waals surface area contributed by atoms with Crippen molar-refractivity contribution in [3.8, 4) is 5.75 Å². The Bertz CT molecular complexity index is 642. The van der Waals surface area contributed by atoms with E-state index in [2.05, 4.69) is 26.5 Å². The first-order valence-electron chi connectivity index (χ1n) is 6.94. The Labute approximate surface area is 129 Å². The lowest BCUT2D eigenvalue weighted by atomic mass is 9.99. The summed E-state index contributed by atoms with van der Waals surface area (Å²) < 4.78 is 5.90. The van der Waals surface area contributed by atoms with E-state index in [4.69, 9.17) is 4.74 Å². The molecule has 0 bridgehead atoms. The van der Waals surface area contributed by atoms with Crippen LogP contribution < -0.4 is 4.74 Å². The molecule has 5 heteroatoms. The molecule has 0 N–H and O–H groups in total. The molecule has 0 saturated heterocycles. The summed E-state index contributed by atoms with van der Waals surface area (Å²) >= 11 is 4.35. The highest BCUT2D eigenvalue weighted by molar-refractivity contribution is 7.80. The maximum Gasteiger partial charge on any atom is 0.277 e. The number of hydrogen-bond acceptors (Lipinski definition) is 4. The summed E-state index contributed by atoms with van der Waals surface area (Å²) in [7, 11) is 0. The van der Waals surface area contributed by atoms with Crippen LogP contribution in [0.1, 0.15) is 13.8 Å². The smallest absolute Gasteiger partial charge is 0.277 e. The van der Waals surface area contributed by atoms with Crippen molar-refractivity contribution in [1.82, 2.24) is 0 Å². The van der Waals surface area contributed by atoms with Gasteiger partial charge in [0.2, 0.25) is 0 Å². The van der Waals surface area contributed by atoms with E-state index >= 15 is 0 Å². The molecule has 0 aliphatic rings. The number of hydrogen-bond donors (Lipinski definition) is 1. The van der Waals surface area contributed by atoms with Crippen LogP contribution in [-0.4, -0.2) is 17.3 Å². The van der Waals surface area contributed by atoms with Crippen molar-refractivity contribution in [3.63, 3.8) is 0 Å². The van der Waals surface area contributed by atoms with Gasteiger partial charge in [-0.1, -0.05) is 32.0 Å². The Balaban J connectivity index is 2.33. The molecule has 0 fully saturated rings. The van der Waals surface area contributed by atoms with Crippen molar-refractivity contribution in [3.05, 3.63) is 46.5 Å². The molecule has 21 heavy (non-hydrogen) atoms. The standard InChI is InChI=1S/C16H19NO3S/c1-11(2)12(10-21)9-20-16-8-7-15(17(18)19)13-5-3-4-6-14(13)16/h3-8,11-12,21H,9-10H2,1-2H3. The van der Waals surface area contributed by atoms with E-state index in [1.807, 2.05) is 12.1 Å². The largest absolute Gasteiger partial charge is 0.493 e. The first kappa shape index (κ1) is 15.6. The van der Waals surface area contributed by atoms with Gasteiger partial charge in [-0.3, -0.25) is 10.1 Å². The predicted octanol–water partition coefficient (Wildman–Crippen LogP) is 4.33. The lowest BCUT2D eigenvalue weighted by Gasteiger charge is -2.19. The van der Waals surface area contributed by atoms with Crippen molar-refractivity contribution in [1.29, 1.82) is 0 Å². The van der Waals surface area contributed by atoms with Gasteiger partial charge >= 0.3 is 0 Å².